The van der Waals surface area contributed by atoms with Crippen molar-refractivity contribution in [2.24, 2.45) is 0 Å². The molecular formula is C15H12ClN3O2. The number of benzene rings is 2. The molecule has 106 valence electrons. The van der Waals surface area contributed by atoms with Gasteiger partial charge in [-0.2, -0.15) is 4.98 Å². The Morgan fingerprint density at radius 1 is 1.24 bits per heavy atom. The van der Waals surface area contributed by atoms with Crippen molar-refractivity contribution in [3.63, 3.8) is 0 Å². The molecule has 0 amide bonds. The lowest BCUT2D eigenvalue weighted by molar-refractivity contribution is 0.281. The second-order valence-electron chi connectivity index (χ2n) is 4.53. The number of H-pyrrole nitrogens is 1. The van der Waals surface area contributed by atoms with Crippen LogP contribution in [-0.4, -0.2) is 9.97 Å². The third-order valence-electron chi connectivity index (χ3n) is 3.03. The molecule has 2 aromatic carbocycles. The lowest BCUT2D eigenvalue weighted by atomic mass is 10.2. The van der Waals surface area contributed by atoms with Crippen molar-refractivity contribution in [3.8, 4) is 6.01 Å². The highest BCUT2D eigenvalue weighted by Crippen LogP contribution is 2.18. The smallest absolute Gasteiger partial charge is 0.297 e. The Labute approximate surface area is 125 Å². The molecule has 6 heteroatoms. The largest absolute Gasteiger partial charge is 0.460 e. The van der Waals surface area contributed by atoms with Crippen LogP contribution in [0, 0.1) is 0 Å². The first-order chi connectivity index (χ1) is 10.1. The molecule has 0 atom stereocenters. The molecule has 0 unspecified atom stereocenters. The minimum Gasteiger partial charge on any atom is -0.460 e. The average Bonchev–Trinajstić information content (AvgIpc) is 2.47. The molecule has 1 aromatic heterocycles. The van der Waals surface area contributed by atoms with E-state index in [0.29, 0.717) is 21.6 Å². The van der Waals surface area contributed by atoms with Crippen LogP contribution in [0.15, 0.2) is 47.3 Å². The molecule has 1 heterocycles. The maximum Gasteiger partial charge on any atom is 0.297 e. The quantitative estimate of drug-likeness (QED) is 0.729. The van der Waals surface area contributed by atoms with Crippen LogP contribution in [-0.2, 0) is 6.61 Å². The monoisotopic (exact) mass is 301 g/mol. The van der Waals surface area contributed by atoms with Crippen LogP contribution < -0.4 is 16.0 Å². The molecule has 0 aliphatic rings. The number of ether oxygens (including phenoxy) is 1. The molecule has 0 saturated carbocycles. The van der Waals surface area contributed by atoms with Gasteiger partial charge in [0.1, 0.15) is 6.61 Å². The molecule has 5 nitrogen and oxygen atoms in total. The van der Waals surface area contributed by atoms with Gasteiger partial charge >= 0.3 is 0 Å². The number of nitrogens with two attached hydrogens (primary N) is 1. The summed E-state index contributed by atoms with van der Waals surface area (Å²) in [6.07, 6.45) is 0. The molecule has 0 radical (unpaired) electrons. The fourth-order valence-corrected chi connectivity index (χ4v) is 2.16. The van der Waals surface area contributed by atoms with Gasteiger partial charge in [-0.15, -0.1) is 0 Å². The molecule has 0 saturated heterocycles. The number of hydrogen-bond donors (Lipinski definition) is 2. The average molecular weight is 302 g/mol. The molecule has 3 aromatic rings. The summed E-state index contributed by atoms with van der Waals surface area (Å²) in [6.45, 7) is 0.225. The molecule has 0 bridgehead atoms. The minimum absolute atomic E-state index is 0.150. The number of rotatable bonds is 3. The molecule has 3 N–H and O–H groups in total. The number of aromatic nitrogens is 2. The second-order valence-corrected chi connectivity index (χ2v) is 4.93. The Balaban J connectivity index is 1.90. The van der Waals surface area contributed by atoms with E-state index >= 15 is 0 Å². The molecule has 3 rings (SSSR count). The summed E-state index contributed by atoms with van der Waals surface area (Å²) in [5, 5.41) is 1.04. The maximum absolute atomic E-state index is 12.0. The number of nitrogens with one attached hydrogen (secondary N) is 1. The topological polar surface area (TPSA) is 81.0 Å². The van der Waals surface area contributed by atoms with Crippen molar-refractivity contribution in [2.45, 2.75) is 6.61 Å². The zero-order chi connectivity index (χ0) is 14.8. The van der Waals surface area contributed by atoms with E-state index in [-0.39, 0.29) is 18.2 Å². The number of aromatic amines is 1. The number of hydrogen-bond acceptors (Lipinski definition) is 4. The van der Waals surface area contributed by atoms with Crippen LogP contribution in [0.1, 0.15) is 5.56 Å². The Morgan fingerprint density at radius 2 is 2.05 bits per heavy atom. The third kappa shape index (κ3) is 2.83. The Bertz CT molecular complexity index is 861. The number of nitrogen functional groups attached to an aromatic ring is 1. The van der Waals surface area contributed by atoms with Crippen molar-refractivity contribution < 1.29 is 4.74 Å². The van der Waals surface area contributed by atoms with Gasteiger partial charge in [0.25, 0.3) is 11.6 Å². The van der Waals surface area contributed by atoms with E-state index in [4.69, 9.17) is 22.1 Å². The lowest BCUT2D eigenvalue weighted by Crippen LogP contribution is -2.11. The molecule has 0 spiro atoms. The standard InChI is InChI=1S/C15H12ClN3O2/c16-12-4-2-1-3-9(12)8-21-15-18-13-6-5-10(17)7-11(13)14(20)19-15/h1-7H,8,17H2,(H,18,19,20). The summed E-state index contributed by atoms with van der Waals surface area (Å²) in [5.74, 6) is 0. The van der Waals surface area contributed by atoms with Crippen molar-refractivity contribution in [1.29, 1.82) is 0 Å². The van der Waals surface area contributed by atoms with Gasteiger partial charge in [0.2, 0.25) is 0 Å². The van der Waals surface area contributed by atoms with Crippen LogP contribution >= 0.6 is 11.6 Å². The minimum atomic E-state index is -0.290. The predicted octanol–water partition coefficient (Wildman–Crippen LogP) is 2.74. The van der Waals surface area contributed by atoms with E-state index in [1.165, 1.54) is 0 Å². The third-order valence-corrected chi connectivity index (χ3v) is 3.40. The van der Waals surface area contributed by atoms with Crippen LogP contribution in [0.5, 0.6) is 6.01 Å². The van der Waals surface area contributed by atoms with E-state index < -0.39 is 0 Å². The highest BCUT2D eigenvalue weighted by molar-refractivity contribution is 6.31. The van der Waals surface area contributed by atoms with E-state index in [9.17, 15) is 4.79 Å². The summed E-state index contributed by atoms with van der Waals surface area (Å²) in [4.78, 5) is 18.8. The van der Waals surface area contributed by atoms with Gasteiger partial charge in [0.05, 0.1) is 10.9 Å². The lowest BCUT2D eigenvalue weighted by Gasteiger charge is -2.07. The first-order valence-electron chi connectivity index (χ1n) is 6.29. The predicted molar refractivity (Wildman–Crippen MR) is 82.6 cm³/mol. The number of nitrogens with zero attached hydrogens (tertiary/aromatic N) is 1. The number of fused-ring (bicyclic) bond motifs is 1. The zero-order valence-corrected chi connectivity index (χ0v) is 11.7. The summed E-state index contributed by atoms with van der Waals surface area (Å²) in [6, 6.07) is 12.4. The summed E-state index contributed by atoms with van der Waals surface area (Å²) in [7, 11) is 0. The van der Waals surface area contributed by atoms with Crippen molar-refractivity contribution in [1.82, 2.24) is 9.97 Å². The first kappa shape index (κ1) is 13.5. The summed E-state index contributed by atoms with van der Waals surface area (Å²) < 4.78 is 5.51. The van der Waals surface area contributed by atoms with Gasteiger partial charge in [-0.3, -0.25) is 9.78 Å². The van der Waals surface area contributed by atoms with E-state index in [0.717, 1.165) is 5.56 Å². The fourth-order valence-electron chi connectivity index (χ4n) is 1.96. The van der Waals surface area contributed by atoms with Crippen LogP contribution in [0.2, 0.25) is 5.02 Å². The molecule has 0 aliphatic heterocycles. The fraction of sp³-hybridized carbons (Fsp3) is 0.0667. The second kappa shape index (κ2) is 5.46. The van der Waals surface area contributed by atoms with E-state index in [1.807, 2.05) is 18.2 Å². The Hall–Kier alpha value is -2.53. The van der Waals surface area contributed by atoms with Crippen LogP contribution in [0.4, 0.5) is 5.69 Å². The summed E-state index contributed by atoms with van der Waals surface area (Å²) in [5.41, 5.74) is 7.23. The maximum atomic E-state index is 12.0. The molecular weight excluding hydrogens is 290 g/mol. The molecule has 0 fully saturated rings. The van der Waals surface area contributed by atoms with Crippen molar-refractivity contribution in [3.05, 3.63) is 63.4 Å². The number of anilines is 1. The normalized spacial score (nSPS) is 10.7. The highest BCUT2D eigenvalue weighted by atomic mass is 35.5. The van der Waals surface area contributed by atoms with E-state index in [2.05, 4.69) is 9.97 Å². The van der Waals surface area contributed by atoms with Gasteiger partial charge in [-0.1, -0.05) is 29.8 Å². The SMILES string of the molecule is Nc1ccc2nc(OCc3ccccc3Cl)[nH]c(=O)c2c1. The van der Waals surface area contributed by atoms with Gasteiger partial charge < -0.3 is 10.5 Å². The Kier molecular flexibility index (Phi) is 3.50. The van der Waals surface area contributed by atoms with Crippen molar-refractivity contribution in [2.75, 3.05) is 5.73 Å². The highest BCUT2D eigenvalue weighted by Gasteiger charge is 2.06. The van der Waals surface area contributed by atoms with Gasteiger partial charge in [-0.05, 0) is 24.3 Å². The number of halogens is 1. The zero-order valence-electron chi connectivity index (χ0n) is 11.0. The van der Waals surface area contributed by atoms with Gasteiger partial charge in [0, 0.05) is 16.3 Å². The van der Waals surface area contributed by atoms with Gasteiger partial charge in [-0.25, -0.2) is 0 Å². The van der Waals surface area contributed by atoms with Gasteiger partial charge in [0.15, 0.2) is 0 Å². The summed E-state index contributed by atoms with van der Waals surface area (Å²) >= 11 is 6.05. The van der Waals surface area contributed by atoms with Crippen LogP contribution in [0.25, 0.3) is 10.9 Å². The molecule has 0 aliphatic carbocycles. The van der Waals surface area contributed by atoms with Crippen molar-refractivity contribution >= 4 is 28.2 Å². The van der Waals surface area contributed by atoms with E-state index in [1.54, 1.807) is 24.3 Å². The Morgan fingerprint density at radius 3 is 2.86 bits per heavy atom. The first-order valence-corrected chi connectivity index (χ1v) is 6.67. The van der Waals surface area contributed by atoms with Crippen LogP contribution in [0.3, 0.4) is 0 Å². The molecule has 21 heavy (non-hydrogen) atoms.